The molecule has 0 radical (unpaired) electrons. The first kappa shape index (κ1) is 57.2. The second kappa shape index (κ2) is 23.6. The van der Waals surface area contributed by atoms with E-state index in [2.05, 4.69) is 31.2 Å². The van der Waals surface area contributed by atoms with Crippen molar-refractivity contribution in [3.05, 3.63) is 168 Å². The molecule has 8 amide bonds. The number of H-pyrrole nitrogens is 2. The quantitative estimate of drug-likeness (QED) is 0.0837. The van der Waals surface area contributed by atoms with Crippen LogP contribution in [0.5, 0.6) is 0 Å². The molecule has 4 atom stereocenters. The zero-order valence-electron chi connectivity index (χ0n) is 49.9. The summed E-state index contributed by atoms with van der Waals surface area (Å²) in [5.74, 6) is -3.78. The van der Waals surface area contributed by atoms with E-state index in [4.69, 9.17) is 9.97 Å². The molecule has 10 aliphatic heterocycles. The van der Waals surface area contributed by atoms with Crippen molar-refractivity contribution in [2.75, 3.05) is 47.4 Å². The van der Waals surface area contributed by atoms with Crippen LogP contribution in [0.4, 0.5) is 22.7 Å². The van der Waals surface area contributed by atoms with Crippen LogP contribution in [0.1, 0.15) is 74.1 Å². The Hall–Kier alpha value is -11.3. The molecular formula is C72H62N12O8. The van der Waals surface area contributed by atoms with Crippen molar-refractivity contribution in [2.45, 2.75) is 75.5 Å². The zero-order chi connectivity index (χ0) is 62.7. The number of amides is 8. The molecular weight excluding hydrogens is 1160 g/mol. The standard InChI is InChI=1S/C72H62N12O8/c85-61-33-34-62(86)82-38-12-24-60(82)72(92)80-48-20-8-4-16-44(48)68-55-31-29-53(75-55)66-42-14-2-6-18-46(42)78-70(90)58-22-10-39-83(58)63(87)35-36-64(88)84-40-11-23-59(84)71(91)79-47-19-7-3-15-43(47)67(54-30-32-56(68)76-54)52-28-26-50(74-52)65(49-25-27-51(66)73-49)41-13-1-5-17-45(41)77-69(89)57-21-9-37-81(57)61/h1-8,13-20,25-36,57-60,73,76H,9-12,21-24,37-40H2,(H,77,89)(H,78,90)(H,79,91)(H,80,92)/b34-33-,36-35?,65-49?,65-50?,66-51?,66-53?,67-52?,67-54?,68-55?,68-56?. The Bertz CT molecular complexity index is 4080. The molecule has 10 aliphatic rings. The summed E-state index contributed by atoms with van der Waals surface area (Å²) in [6, 6.07) is 33.7. The fourth-order valence-corrected chi connectivity index (χ4v) is 14.3. The predicted octanol–water partition coefficient (Wildman–Crippen LogP) is 10.2. The average Bonchev–Trinajstić information content (AvgIpc) is 2.00. The van der Waals surface area contributed by atoms with Crippen LogP contribution in [0.25, 0.3) is 90.9 Å². The van der Waals surface area contributed by atoms with Gasteiger partial charge in [0.25, 0.3) is 0 Å². The van der Waals surface area contributed by atoms with E-state index in [-0.39, 0.29) is 26.2 Å². The SMILES string of the molecule is O=C1Nc2ccccc2-c2c3nc(c4c5ccc([nH]5)c(c5nc(c(c6ccc2[nH]6)-c2ccccc2NC(=O)C2CCCN2C(=O)/C=C\C(=O)N2CCCC2C(=O)Nc2ccccc2-4)C=C5)-c2ccccc2NC(=O)C2CCCN2C(=O)C=CC(=O)N2CCCC12)C=C3. The van der Waals surface area contributed by atoms with Gasteiger partial charge in [-0.2, -0.15) is 0 Å². The number of hydrogen-bond acceptors (Lipinski definition) is 10. The van der Waals surface area contributed by atoms with Crippen LogP contribution >= 0.6 is 0 Å². The summed E-state index contributed by atoms with van der Waals surface area (Å²) in [4.78, 5) is 141. The lowest BCUT2D eigenvalue weighted by Gasteiger charge is -2.24. The molecule has 458 valence electrons. The molecule has 7 aromatic rings. The summed E-state index contributed by atoms with van der Waals surface area (Å²) in [7, 11) is 0. The minimum Gasteiger partial charge on any atom is -0.354 e. The zero-order valence-corrected chi connectivity index (χ0v) is 49.9. The van der Waals surface area contributed by atoms with Gasteiger partial charge in [-0.25, -0.2) is 9.97 Å². The maximum atomic E-state index is 14.9. The number of carbonyl (C=O) groups is 8. The Balaban J connectivity index is 1.06. The highest BCUT2D eigenvalue weighted by Crippen LogP contribution is 2.44. The van der Waals surface area contributed by atoms with Crippen molar-refractivity contribution in [1.82, 2.24) is 39.5 Å². The van der Waals surface area contributed by atoms with E-state index in [9.17, 15) is 38.4 Å². The number of anilines is 4. The number of nitrogens with zero attached hydrogens (tertiary/aromatic N) is 6. The van der Waals surface area contributed by atoms with Gasteiger partial charge in [-0.1, -0.05) is 72.8 Å². The number of rotatable bonds is 0. The summed E-state index contributed by atoms with van der Waals surface area (Å²) in [6.07, 6.45) is 16.0. The fourth-order valence-electron chi connectivity index (χ4n) is 14.3. The maximum Gasteiger partial charge on any atom is 0.247 e. The predicted molar refractivity (Wildman–Crippen MR) is 352 cm³/mol. The molecule has 4 fully saturated rings. The number of para-hydroxylation sites is 4. The third-order valence-corrected chi connectivity index (χ3v) is 18.7. The van der Waals surface area contributed by atoms with Gasteiger partial charge in [0.15, 0.2) is 0 Å². The maximum absolute atomic E-state index is 14.9. The molecule has 20 nitrogen and oxygen atoms in total. The topological polar surface area (TPSA) is 255 Å². The summed E-state index contributed by atoms with van der Waals surface area (Å²) in [5.41, 5.74) is 10.5. The van der Waals surface area contributed by atoms with E-state index >= 15 is 0 Å². The van der Waals surface area contributed by atoms with Crippen LogP contribution in [-0.2, 0) is 38.4 Å². The van der Waals surface area contributed by atoms with Crippen LogP contribution < -0.4 is 21.3 Å². The van der Waals surface area contributed by atoms with Crippen molar-refractivity contribution in [2.24, 2.45) is 0 Å². The van der Waals surface area contributed by atoms with E-state index in [1.807, 2.05) is 121 Å². The van der Waals surface area contributed by atoms with Gasteiger partial charge in [0.1, 0.15) is 24.2 Å². The van der Waals surface area contributed by atoms with Crippen LogP contribution in [0.15, 0.2) is 146 Å². The number of benzene rings is 4. The van der Waals surface area contributed by atoms with Crippen LogP contribution in [-0.4, -0.2) is 137 Å². The van der Waals surface area contributed by atoms with E-state index in [0.717, 1.165) is 0 Å². The van der Waals surface area contributed by atoms with Gasteiger partial charge in [0.2, 0.25) is 47.3 Å². The van der Waals surface area contributed by atoms with Gasteiger partial charge < -0.3 is 50.8 Å². The molecule has 0 spiro atoms. The first-order valence-corrected chi connectivity index (χ1v) is 31.3. The molecule has 4 aromatic carbocycles. The number of carbonyl (C=O) groups excluding carboxylic acids is 8. The van der Waals surface area contributed by atoms with Gasteiger partial charge in [0.05, 0.1) is 22.8 Å². The van der Waals surface area contributed by atoms with Crippen molar-refractivity contribution in [1.29, 1.82) is 0 Å². The molecule has 3 aromatic heterocycles. The molecule has 0 saturated carbocycles. The minimum atomic E-state index is -0.892. The van der Waals surface area contributed by atoms with Crippen molar-refractivity contribution in [3.63, 3.8) is 0 Å². The molecule has 4 saturated heterocycles. The van der Waals surface area contributed by atoms with E-state index in [1.165, 1.54) is 43.9 Å². The molecule has 13 heterocycles. The molecule has 12 bridgehead atoms. The van der Waals surface area contributed by atoms with Crippen molar-refractivity contribution < 1.29 is 38.4 Å². The Labute approximate surface area is 527 Å². The summed E-state index contributed by atoms with van der Waals surface area (Å²) < 4.78 is 0. The molecule has 17 rings (SSSR count). The average molecular weight is 1220 g/mol. The highest BCUT2D eigenvalue weighted by molar-refractivity contribution is 6.11. The lowest BCUT2D eigenvalue weighted by atomic mass is 10.0. The molecule has 4 unspecified atom stereocenters. The Kier molecular flexibility index (Phi) is 14.7. The fraction of sp³-hybridized carbons (Fsp3) is 0.222. The van der Waals surface area contributed by atoms with Crippen molar-refractivity contribution >= 4 is 116 Å². The van der Waals surface area contributed by atoms with Gasteiger partial charge in [0, 0.05) is 140 Å². The first-order chi connectivity index (χ1) is 44.9. The first-order valence-electron chi connectivity index (χ1n) is 31.3. The molecule has 20 heteroatoms. The number of aromatic nitrogens is 4. The Morgan fingerprint density at radius 1 is 0.293 bits per heavy atom. The van der Waals surface area contributed by atoms with Gasteiger partial charge >= 0.3 is 0 Å². The van der Waals surface area contributed by atoms with Crippen LogP contribution in [0, 0.1) is 0 Å². The second-order valence-corrected chi connectivity index (χ2v) is 24.1. The number of aromatic amines is 2. The Morgan fingerprint density at radius 3 is 0.761 bits per heavy atom. The van der Waals surface area contributed by atoms with E-state index < -0.39 is 71.4 Å². The monoisotopic (exact) mass is 1220 g/mol. The summed E-state index contributed by atoms with van der Waals surface area (Å²) in [6.45, 7) is 1.12. The van der Waals surface area contributed by atoms with E-state index in [1.54, 1.807) is 24.3 Å². The smallest absolute Gasteiger partial charge is 0.247 e. The second-order valence-electron chi connectivity index (χ2n) is 24.1. The van der Waals surface area contributed by atoms with Crippen molar-refractivity contribution in [3.8, 4) is 44.5 Å². The van der Waals surface area contributed by atoms with Gasteiger partial charge in [-0.15, -0.1) is 0 Å². The number of hydrogen-bond donors (Lipinski definition) is 6. The molecule has 6 N–H and O–H groups in total. The van der Waals surface area contributed by atoms with E-state index in [0.29, 0.717) is 163 Å². The number of fused-ring (bicyclic) bond motifs is 8. The number of nitrogens with one attached hydrogen (secondary N) is 6. The van der Waals surface area contributed by atoms with Gasteiger partial charge in [-0.05, 0) is 124 Å². The van der Waals surface area contributed by atoms with Crippen LogP contribution in [0.3, 0.4) is 0 Å². The normalized spacial score (nSPS) is 21.1. The minimum absolute atomic E-state index is 0.279. The largest absolute Gasteiger partial charge is 0.354 e. The lowest BCUT2D eigenvalue weighted by Crippen LogP contribution is -2.43. The summed E-state index contributed by atoms with van der Waals surface area (Å²) in [5, 5.41) is 12.8. The highest BCUT2D eigenvalue weighted by atomic mass is 16.2. The lowest BCUT2D eigenvalue weighted by molar-refractivity contribution is -0.134. The van der Waals surface area contributed by atoms with Gasteiger partial charge in [-0.3, -0.25) is 38.4 Å². The highest BCUT2D eigenvalue weighted by Gasteiger charge is 2.39. The third-order valence-electron chi connectivity index (χ3n) is 18.7. The molecule has 0 aliphatic carbocycles. The third kappa shape index (κ3) is 10.3. The summed E-state index contributed by atoms with van der Waals surface area (Å²) >= 11 is 0. The molecule has 92 heavy (non-hydrogen) atoms. The van der Waals surface area contributed by atoms with Crippen LogP contribution in [0.2, 0.25) is 0 Å². The Morgan fingerprint density at radius 2 is 0.522 bits per heavy atom.